The lowest BCUT2D eigenvalue weighted by atomic mass is 10.1. The smallest absolute Gasteiger partial charge is 0.342 e. The third-order valence-corrected chi connectivity index (χ3v) is 2.74. The molecule has 0 spiro atoms. The fourth-order valence-corrected chi connectivity index (χ4v) is 1.91. The van der Waals surface area contributed by atoms with Crippen LogP contribution in [0.1, 0.15) is 31.1 Å². The molecule has 6 nitrogen and oxygen atoms in total. The first-order chi connectivity index (χ1) is 8.86. The quantitative estimate of drug-likeness (QED) is 0.632. The van der Waals surface area contributed by atoms with Crippen molar-refractivity contribution >= 4 is 17.3 Å². The van der Waals surface area contributed by atoms with E-state index in [0.717, 1.165) is 13.1 Å². The van der Waals surface area contributed by atoms with E-state index < -0.39 is 10.9 Å². The van der Waals surface area contributed by atoms with Gasteiger partial charge in [-0.2, -0.15) is 0 Å². The van der Waals surface area contributed by atoms with Crippen LogP contribution in [-0.2, 0) is 0 Å². The Morgan fingerprint density at radius 3 is 2.53 bits per heavy atom. The third kappa shape index (κ3) is 3.67. The van der Waals surface area contributed by atoms with Gasteiger partial charge >= 0.3 is 5.97 Å². The second-order valence-electron chi connectivity index (χ2n) is 4.70. The van der Waals surface area contributed by atoms with E-state index in [9.17, 15) is 14.9 Å². The van der Waals surface area contributed by atoms with Gasteiger partial charge in [-0.1, -0.05) is 13.8 Å². The number of hydrogen-bond acceptors (Lipinski definition) is 4. The van der Waals surface area contributed by atoms with Crippen molar-refractivity contribution in [2.75, 3.05) is 18.0 Å². The molecule has 104 valence electrons. The number of nitrogens with zero attached hydrogens (tertiary/aromatic N) is 2. The van der Waals surface area contributed by atoms with E-state index in [2.05, 4.69) is 13.8 Å². The fourth-order valence-electron chi connectivity index (χ4n) is 1.91. The zero-order chi connectivity index (χ0) is 14.6. The van der Waals surface area contributed by atoms with E-state index in [-0.39, 0.29) is 11.3 Å². The molecule has 6 heteroatoms. The summed E-state index contributed by atoms with van der Waals surface area (Å²) in [6.45, 7) is 7.57. The number of benzene rings is 1. The minimum Gasteiger partial charge on any atom is -0.477 e. The molecule has 0 aliphatic heterocycles. The average molecular weight is 266 g/mol. The number of nitro benzene ring substituents is 1. The van der Waals surface area contributed by atoms with Gasteiger partial charge in [0.1, 0.15) is 5.56 Å². The van der Waals surface area contributed by atoms with Gasteiger partial charge < -0.3 is 10.0 Å². The molecule has 1 aromatic rings. The van der Waals surface area contributed by atoms with Crippen LogP contribution in [-0.4, -0.2) is 29.1 Å². The number of carboxylic acids is 1. The van der Waals surface area contributed by atoms with Crippen LogP contribution >= 0.6 is 0 Å². The summed E-state index contributed by atoms with van der Waals surface area (Å²) >= 11 is 0. The van der Waals surface area contributed by atoms with Crippen LogP contribution in [0.3, 0.4) is 0 Å². The van der Waals surface area contributed by atoms with E-state index in [1.165, 1.54) is 12.1 Å². The average Bonchev–Trinajstić information content (AvgIpc) is 2.34. The Kier molecular flexibility index (Phi) is 4.86. The topological polar surface area (TPSA) is 83.7 Å². The van der Waals surface area contributed by atoms with Crippen LogP contribution < -0.4 is 4.90 Å². The van der Waals surface area contributed by atoms with Gasteiger partial charge in [0, 0.05) is 24.8 Å². The summed E-state index contributed by atoms with van der Waals surface area (Å²) in [5, 5.41) is 19.8. The number of aromatic carboxylic acids is 1. The maximum atomic E-state index is 11.1. The van der Waals surface area contributed by atoms with Crippen LogP contribution in [0.25, 0.3) is 0 Å². The third-order valence-electron chi connectivity index (χ3n) is 2.74. The molecule has 19 heavy (non-hydrogen) atoms. The zero-order valence-electron chi connectivity index (χ0n) is 11.3. The molecule has 0 aliphatic rings. The summed E-state index contributed by atoms with van der Waals surface area (Å²) in [5.74, 6) is -0.863. The van der Waals surface area contributed by atoms with Crippen LogP contribution in [0, 0.1) is 16.0 Å². The highest BCUT2D eigenvalue weighted by Crippen LogP contribution is 2.25. The molecule has 1 aromatic carbocycles. The maximum Gasteiger partial charge on any atom is 0.342 e. The molecule has 1 N–H and O–H groups in total. The van der Waals surface area contributed by atoms with Crippen LogP contribution in [0.5, 0.6) is 0 Å². The van der Waals surface area contributed by atoms with Gasteiger partial charge in [0.05, 0.1) is 4.92 Å². The van der Waals surface area contributed by atoms with Crippen molar-refractivity contribution in [3.63, 3.8) is 0 Å². The minimum atomic E-state index is -1.28. The summed E-state index contributed by atoms with van der Waals surface area (Å²) in [6, 6.07) is 4.21. The number of rotatable bonds is 6. The molecule has 0 bridgehead atoms. The highest BCUT2D eigenvalue weighted by molar-refractivity contribution is 5.93. The van der Waals surface area contributed by atoms with Crippen molar-refractivity contribution in [3.05, 3.63) is 33.9 Å². The molecular weight excluding hydrogens is 248 g/mol. The van der Waals surface area contributed by atoms with Crippen molar-refractivity contribution in [1.82, 2.24) is 0 Å². The van der Waals surface area contributed by atoms with Crippen molar-refractivity contribution in [3.8, 4) is 0 Å². The summed E-state index contributed by atoms with van der Waals surface area (Å²) in [7, 11) is 0. The van der Waals surface area contributed by atoms with Gasteiger partial charge in [0.15, 0.2) is 0 Å². The Labute approximate surface area is 111 Å². The first kappa shape index (κ1) is 14.9. The minimum absolute atomic E-state index is 0.273. The first-order valence-electron chi connectivity index (χ1n) is 6.13. The molecular formula is C13H18N2O4. The number of carboxylic acid groups (broad SMARTS) is 1. The number of nitro groups is 1. The van der Waals surface area contributed by atoms with Crippen LogP contribution in [0.2, 0.25) is 0 Å². The molecule has 0 heterocycles. The Balaban J connectivity index is 3.20. The summed E-state index contributed by atoms with van der Waals surface area (Å²) in [5.41, 5.74) is 0.0424. The van der Waals surface area contributed by atoms with Gasteiger partial charge in [0.25, 0.3) is 5.69 Å². The Hall–Kier alpha value is -2.11. The summed E-state index contributed by atoms with van der Waals surface area (Å²) in [4.78, 5) is 23.2. The molecule has 0 atom stereocenters. The Bertz CT molecular complexity index is 486. The standard InChI is InChI=1S/C13H18N2O4/c1-4-14(8-9(2)3)10-5-6-12(15(18)19)11(7-10)13(16)17/h5-7,9H,4,8H2,1-3H3,(H,16,17). The van der Waals surface area contributed by atoms with E-state index in [1.54, 1.807) is 6.07 Å². The van der Waals surface area contributed by atoms with E-state index in [4.69, 9.17) is 5.11 Å². The summed E-state index contributed by atoms with van der Waals surface area (Å²) in [6.07, 6.45) is 0. The number of carbonyl (C=O) groups is 1. The predicted molar refractivity (Wildman–Crippen MR) is 72.8 cm³/mol. The second kappa shape index (κ2) is 6.17. The molecule has 0 fully saturated rings. The first-order valence-corrected chi connectivity index (χ1v) is 6.13. The summed E-state index contributed by atoms with van der Waals surface area (Å²) < 4.78 is 0. The van der Waals surface area contributed by atoms with Crippen molar-refractivity contribution in [2.45, 2.75) is 20.8 Å². The van der Waals surface area contributed by atoms with Gasteiger partial charge in [-0.15, -0.1) is 0 Å². The lowest BCUT2D eigenvalue weighted by molar-refractivity contribution is -0.385. The van der Waals surface area contributed by atoms with Crippen LogP contribution in [0.4, 0.5) is 11.4 Å². The van der Waals surface area contributed by atoms with Gasteiger partial charge in [-0.05, 0) is 25.0 Å². The molecule has 0 aromatic heterocycles. The van der Waals surface area contributed by atoms with Gasteiger partial charge in [-0.25, -0.2) is 4.79 Å². The maximum absolute atomic E-state index is 11.1. The molecule has 0 saturated heterocycles. The Morgan fingerprint density at radius 2 is 2.11 bits per heavy atom. The molecule has 0 unspecified atom stereocenters. The molecule has 0 aliphatic carbocycles. The zero-order valence-corrected chi connectivity index (χ0v) is 11.3. The molecule has 0 amide bonds. The van der Waals surface area contributed by atoms with E-state index in [1.807, 2.05) is 11.8 Å². The number of hydrogen-bond donors (Lipinski definition) is 1. The highest BCUT2D eigenvalue weighted by Gasteiger charge is 2.21. The predicted octanol–water partition coefficient (Wildman–Crippen LogP) is 2.78. The second-order valence-corrected chi connectivity index (χ2v) is 4.70. The van der Waals surface area contributed by atoms with Crippen molar-refractivity contribution < 1.29 is 14.8 Å². The Morgan fingerprint density at radius 1 is 1.47 bits per heavy atom. The van der Waals surface area contributed by atoms with Crippen molar-refractivity contribution in [1.29, 1.82) is 0 Å². The monoisotopic (exact) mass is 266 g/mol. The lowest BCUT2D eigenvalue weighted by Crippen LogP contribution is -2.27. The molecule has 1 rings (SSSR count). The van der Waals surface area contributed by atoms with Gasteiger partial charge in [0.2, 0.25) is 0 Å². The molecule has 0 saturated carbocycles. The lowest BCUT2D eigenvalue weighted by Gasteiger charge is -2.25. The SMILES string of the molecule is CCN(CC(C)C)c1ccc([N+](=O)[O-])c(C(=O)O)c1. The van der Waals surface area contributed by atoms with E-state index in [0.29, 0.717) is 11.6 Å². The normalized spacial score (nSPS) is 10.5. The highest BCUT2D eigenvalue weighted by atomic mass is 16.6. The molecule has 0 radical (unpaired) electrons. The number of anilines is 1. The van der Waals surface area contributed by atoms with Crippen LogP contribution in [0.15, 0.2) is 18.2 Å². The largest absolute Gasteiger partial charge is 0.477 e. The van der Waals surface area contributed by atoms with Gasteiger partial charge in [-0.3, -0.25) is 10.1 Å². The fraction of sp³-hybridized carbons (Fsp3) is 0.462. The van der Waals surface area contributed by atoms with E-state index >= 15 is 0 Å². The van der Waals surface area contributed by atoms with Crippen molar-refractivity contribution in [2.24, 2.45) is 5.92 Å².